The molecular weight excluding hydrogens is 390 g/mol. The molecule has 0 bridgehead atoms. The van der Waals surface area contributed by atoms with Crippen LogP contribution in [0.4, 0.5) is 26.4 Å². The maximum atomic E-state index is 14.2. The van der Waals surface area contributed by atoms with Gasteiger partial charge >= 0.3 is 0 Å². The molecule has 0 spiro atoms. The van der Waals surface area contributed by atoms with Crippen molar-refractivity contribution in [1.29, 1.82) is 0 Å². The van der Waals surface area contributed by atoms with Crippen LogP contribution >= 0.6 is 0 Å². The predicted molar refractivity (Wildman–Crippen MR) is 110 cm³/mol. The lowest BCUT2D eigenvalue weighted by molar-refractivity contribution is 0.187. The summed E-state index contributed by atoms with van der Waals surface area (Å²) in [7, 11) is 0. The van der Waals surface area contributed by atoms with Gasteiger partial charge in [0.2, 0.25) is 11.9 Å². The first-order chi connectivity index (χ1) is 14.7. The summed E-state index contributed by atoms with van der Waals surface area (Å²) in [5.74, 6) is -0.476. The fourth-order valence-electron chi connectivity index (χ4n) is 4.28. The second kappa shape index (κ2) is 8.14. The van der Waals surface area contributed by atoms with Gasteiger partial charge in [-0.15, -0.1) is 0 Å². The van der Waals surface area contributed by atoms with E-state index in [9.17, 15) is 8.78 Å². The number of ether oxygens (including phenoxy) is 1. The Morgan fingerprint density at radius 3 is 2.57 bits per heavy atom. The monoisotopic (exact) mass is 414 g/mol. The van der Waals surface area contributed by atoms with Crippen LogP contribution in [0.1, 0.15) is 44.6 Å². The van der Waals surface area contributed by atoms with Crippen LogP contribution in [0.15, 0.2) is 24.4 Å². The summed E-state index contributed by atoms with van der Waals surface area (Å²) in [6.45, 7) is 1.12. The van der Waals surface area contributed by atoms with Crippen LogP contribution in [-0.2, 0) is 4.74 Å². The van der Waals surface area contributed by atoms with E-state index in [-0.39, 0.29) is 11.7 Å². The zero-order valence-electron chi connectivity index (χ0n) is 16.6. The molecule has 1 saturated heterocycles. The van der Waals surface area contributed by atoms with Crippen LogP contribution in [0, 0.1) is 11.6 Å². The number of nitrogens with zero attached hydrogens (tertiary/aromatic N) is 4. The van der Waals surface area contributed by atoms with Gasteiger partial charge in [0, 0.05) is 12.6 Å². The van der Waals surface area contributed by atoms with Gasteiger partial charge in [-0.3, -0.25) is 4.57 Å². The Morgan fingerprint density at radius 1 is 1.03 bits per heavy atom. The van der Waals surface area contributed by atoms with E-state index < -0.39 is 11.6 Å². The fraction of sp³-hybridized carbons (Fsp3) is 0.476. The van der Waals surface area contributed by atoms with E-state index in [1.165, 1.54) is 37.5 Å². The van der Waals surface area contributed by atoms with Crippen LogP contribution in [0.2, 0.25) is 0 Å². The summed E-state index contributed by atoms with van der Waals surface area (Å²) in [6.07, 6.45) is 8.33. The minimum atomic E-state index is -0.679. The highest BCUT2D eigenvalue weighted by Crippen LogP contribution is 2.32. The molecule has 1 unspecified atom stereocenters. The zero-order chi connectivity index (χ0) is 20.5. The average Bonchev–Trinajstić information content (AvgIpc) is 3.39. The molecule has 2 aromatic heterocycles. The molecule has 1 saturated carbocycles. The molecule has 0 radical (unpaired) electrons. The number of hydrogen-bond acceptors (Lipinski definition) is 6. The Morgan fingerprint density at radius 2 is 1.83 bits per heavy atom. The second-order valence-corrected chi connectivity index (χ2v) is 7.93. The number of anilines is 3. The number of benzene rings is 1. The van der Waals surface area contributed by atoms with Gasteiger partial charge in [-0.05, 0) is 31.4 Å². The molecule has 1 aliphatic heterocycles. The Kier molecular flexibility index (Phi) is 5.20. The lowest BCUT2D eigenvalue weighted by Gasteiger charge is -2.22. The van der Waals surface area contributed by atoms with Gasteiger partial charge in [-0.2, -0.15) is 4.98 Å². The molecule has 9 heteroatoms. The second-order valence-electron chi connectivity index (χ2n) is 7.93. The van der Waals surface area contributed by atoms with Crippen molar-refractivity contribution in [1.82, 2.24) is 19.5 Å². The molecule has 0 amide bonds. The van der Waals surface area contributed by atoms with E-state index in [1.54, 1.807) is 6.20 Å². The summed E-state index contributed by atoms with van der Waals surface area (Å²) in [6, 6.07) is 4.10. The zero-order valence-corrected chi connectivity index (χ0v) is 16.6. The van der Waals surface area contributed by atoms with Crippen molar-refractivity contribution < 1.29 is 13.5 Å². The van der Waals surface area contributed by atoms with Gasteiger partial charge in [0.25, 0.3) is 0 Å². The minimum Gasteiger partial charge on any atom is -0.379 e. The van der Waals surface area contributed by atoms with Crippen molar-refractivity contribution >= 4 is 28.7 Å². The van der Waals surface area contributed by atoms with E-state index in [0.29, 0.717) is 42.3 Å². The molecule has 1 aliphatic carbocycles. The lowest BCUT2D eigenvalue weighted by Crippen LogP contribution is -2.23. The van der Waals surface area contributed by atoms with Gasteiger partial charge in [-0.1, -0.05) is 25.3 Å². The Hall–Kier alpha value is -2.81. The Balaban J connectivity index is 1.53. The molecule has 3 heterocycles. The highest BCUT2D eigenvalue weighted by Gasteiger charge is 2.26. The third kappa shape index (κ3) is 3.69. The van der Waals surface area contributed by atoms with Gasteiger partial charge in [0.1, 0.15) is 22.8 Å². The smallest absolute Gasteiger partial charge is 0.224 e. The average molecular weight is 414 g/mol. The molecule has 7 nitrogen and oxygen atoms in total. The van der Waals surface area contributed by atoms with Crippen molar-refractivity contribution in [3.63, 3.8) is 0 Å². The van der Waals surface area contributed by atoms with Gasteiger partial charge in [-0.25, -0.2) is 18.7 Å². The SMILES string of the molecule is Fc1cccc(F)c1Nc1nc2cnc(NC3CCCCC3)nc2n1C1CCOC1. The molecule has 2 fully saturated rings. The van der Waals surface area contributed by atoms with Gasteiger partial charge < -0.3 is 15.4 Å². The normalized spacial score (nSPS) is 20.0. The lowest BCUT2D eigenvalue weighted by atomic mass is 9.96. The molecule has 30 heavy (non-hydrogen) atoms. The van der Waals surface area contributed by atoms with Crippen LogP contribution in [0.3, 0.4) is 0 Å². The number of halogens is 2. The van der Waals surface area contributed by atoms with Crippen molar-refractivity contribution in [3.05, 3.63) is 36.0 Å². The Labute approximate surface area is 172 Å². The first-order valence-electron chi connectivity index (χ1n) is 10.5. The van der Waals surface area contributed by atoms with Crippen molar-refractivity contribution in [2.24, 2.45) is 0 Å². The highest BCUT2D eigenvalue weighted by atomic mass is 19.1. The number of fused-ring (bicyclic) bond motifs is 1. The van der Waals surface area contributed by atoms with Crippen molar-refractivity contribution in [2.45, 2.75) is 50.6 Å². The van der Waals surface area contributed by atoms with Gasteiger partial charge in [0.15, 0.2) is 5.65 Å². The molecule has 3 aromatic rings. The van der Waals surface area contributed by atoms with E-state index in [4.69, 9.17) is 9.72 Å². The molecule has 1 atom stereocenters. The molecule has 1 aromatic carbocycles. The maximum absolute atomic E-state index is 14.2. The standard InChI is InChI=1S/C21H24F2N6O/c22-15-7-4-8-16(23)18(15)27-21-26-17-11-24-20(25-13-5-2-1-3-6-13)28-19(17)29(21)14-9-10-30-12-14/h4,7-8,11,13-14H,1-3,5-6,9-10,12H2,(H,26,27)(H,24,25,28). The summed E-state index contributed by atoms with van der Waals surface area (Å²) in [5, 5.41) is 6.27. The Bertz CT molecular complexity index is 1020. The fourth-order valence-corrected chi connectivity index (χ4v) is 4.28. The largest absolute Gasteiger partial charge is 0.379 e. The van der Waals surface area contributed by atoms with Crippen LogP contribution < -0.4 is 10.6 Å². The number of nitrogens with one attached hydrogen (secondary N) is 2. The molecule has 5 rings (SSSR count). The maximum Gasteiger partial charge on any atom is 0.224 e. The number of hydrogen-bond donors (Lipinski definition) is 2. The minimum absolute atomic E-state index is 0.0234. The van der Waals surface area contributed by atoms with Crippen molar-refractivity contribution in [2.75, 3.05) is 23.8 Å². The van der Waals surface area contributed by atoms with E-state index in [0.717, 1.165) is 19.3 Å². The molecule has 158 valence electrons. The quantitative estimate of drug-likeness (QED) is 0.638. The third-order valence-electron chi connectivity index (χ3n) is 5.84. The summed E-state index contributed by atoms with van der Waals surface area (Å²) in [4.78, 5) is 13.7. The number of rotatable bonds is 5. The molecule has 2 aliphatic rings. The number of para-hydroxylation sites is 1. The summed E-state index contributed by atoms with van der Waals surface area (Å²) >= 11 is 0. The highest BCUT2D eigenvalue weighted by molar-refractivity contribution is 5.76. The first kappa shape index (κ1) is 19.2. The third-order valence-corrected chi connectivity index (χ3v) is 5.84. The van der Waals surface area contributed by atoms with Crippen LogP contribution in [0.25, 0.3) is 11.2 Å². The van der Waals surface area contributed by atoms with E-state index >= 15 is 0 Å². The number of imidazole rings is 1. The summed E-state index contributed by atoms with van der Waals surface area (Å²) < 4.78 is 35.9. The van der Waals surface area contributed by atoms with Crippen LogP contribution in [0.5, 0.6) is 0 Å². The van der Waals surface area contributed by atoms with E-state index in [2.05, 4.69) is 20.6 Å². The molecule has 2 N–H and O–H groups in total. The van der Waals surface area contributed by atoms with E-state index in [1.807, 2.05) is 4.57 Å². The topological polar surface area (TPSA) is 76.9 Å². The predicted octanol–water partition coefficient (Wildman–Crippen LogP) is 4.55. The van der Waals surface area contributed by atoms with Crippen LogP contribution in [-0.4, -0.2) is 38.8 Å². The summed E-state index contributed by atoms with van der Waals surface area (Å²) in [5.41, 5.74) is 0.954. The molecular formula is C21H24F2N6O. The number of aromatic nitrogens is 4. The van der Waals surface area contributed by atoms with Gasteiger partial charge in [0.05, 0.1) is 18.8 Å². The first-order valence-corrected chi connectivity index (χ1v) is 10.5. The van der Waals surface area contributed by atoms with Crippen molar-refractivity contribution in [3.8, 4) is 0 Å².